The fourth-order valence-electron chi connectivity index (χ4n) is 2.64. The Morgan fingerprint density at radius 1 is 1.04 bits per heavy atom. The number of nitrogens with one attached hydrogen (secondary N) is 1. The third kappa shape index (κ3) is 5.24. The second-order valence-corrected chi connectivity index (χ2v) is 8.66. The number of carbonyl (C=O) groups excluding carboxylic acids is 1. The third-order valence-corrected chi connectivity index (χ3v) is 6.24. The van der Waals surface area contributed by atoms with Crippen molar-refractivity contribution in [2.75, 3.05) is 33.6 Å². The Balaban J connectivity index is 2.10. The number of anilines is 1. The fraction of sp³-hybridized carbons (Fsp3) is 0.350. The Kier molecular flexibility index (Phi) is 7.04. The molecule has 0 heterocycles. The van der Waals surface area contributed by atoms with Crippen LogP contribution in [0.1, 0.15) is 17.5 Å². The minimum atomic E-state index is -3.58. The number of sulfonamides is 1. The Morgan fingerprint density at radius 2 is 1.64 bits per heavy atom. The Labute approximate surface area is 166 Å². The summed E-state index contributed by atoms with van der Waals surface area (Å²) in [6.07, 6.45) is 0.730. The molecule has 0 spiro atoms. The van der Waals surface area contributed by atoms with E-state index in [4.69, 9.17) is 9.47 Å². The predicted octanol–water partition coefficient (Wildman–Crippen LogP) is 2.83. The van der Waals surface area contributed by atoms with Gasteiger partial charge in [-0.1, -0.05) is 6.07 Å². The van der Waals surface area contributed by atoms with Crippen LogP contribution in [0.4, 0.5) is 5.69 Å². The molecule has 0 unspecified atom stereocenters. The predicted molar refractivity (Wildman–Crippen MR) is 109 cm³/mol. The summed E-state index contributed by atoms with van der Waals surface area (Å²) in [6.45, 7) is 1.72. The number of amides is 1. The monoisotopic (exact) mass is 406 g/mol. The minimum Gasteiger partial charge on any atom is -0.497 e. The molecule has 2 rings (SSSR count). The summed E-state index contributed by atoms with van der Waals surface area (Å²) in [7, 11) is 2.51. The zero-order valence-electron chi connectivity index (χ0n) is 16.8. The van der Waals surface area contributed by atoms with Crippen LogP contribution in [0.3, 0.4) is 0 Å². The summed E-state index contributed by atoms with van der Waals surface area (Å²) in [5.41, 5.74) is 1.97. The van der Waals surface area contributed by atoms with Crippen molar-refractivity contribution in [3.8, 4) is 11.5 Å². The van der Waals surface area contributed by atoms with Gasteiger partial charge in [-0.05, 0) is 48.7 Å². The molecule has 0 fully saturated rings. The molecule has 1 N–H and O–H groups in total. The molecule has 28 heavy (non-hydrogen) atoms. The van der Waals surface area contributed by atoms with Crippen LogP contribution in [0.25, 0.3) is 0 Å². The summed E-state index contributed by atoms with van der Waals surface area (Å²) in [5, 5.41) is 2.76. The average molecular weight is 407 g/mol. The minimum absolute atomic E-state index is 0.174. The molecule has 0 atom stereocenters. The first-order valence-corrected chi connectivity index (χ1v) is 10.2. The average Bonchev–Trinajstić information content (AvgIpc) is 2.67. The molecule has 0 radical (unpaired) electrons. The van der Waals surface area contributed by atoms with Crippen molar-refractivity contribution in [3.05, 3.63) is 47.5 Å². The molecule has 8 heteroatoms. The fourth-order valence-corrected chi connectivity index (χ4v) is 3.79. The van der Waals surface area contributed by atoms with Crippen LogP contribution in [0.5, 0.6) is 11.5 Å². The second-order valence-electron chi connectivity index (χ2n) is 6.54. The zero-order valence-corrected chi connectivity index (χ0v) is 17.6. The van der Waals surface area contributed by atoms with Gasteiger partial charge in [0.1, 0.15) is 11.5 Å². The van der Waals surface area contributed by atoms with Gasteiger partial charge < -0.3 is 14.8 Å². The topological polar surface area (TPSA) is 84.9 Å². The molecule has 0 saturated heterocycles. The molecular weight excluding hydrogens is 380 g/mol. The van der Waals surface area contributed by atoms with E-state index >= 15 is 0 Å². The van der Waals surface area contributed by atoms with Crippen LogP contribution in [0.2, 0.25) is 0 Å². The maximum Gasteiger partial charge on any atom is 0.242 e. The molecule has 2 aromatic carbocycles. The normalized spacial score (nSPS) is 11.4. The van der Waals surface area contributed by atoms with Crippen LogP contribution in [-0.2, 0) is 21.2 Å². The second kappa shape index (κ2) is 9.07. The number of rotatable bonds is 8. The molecule has 0 saturated carbocycles. The van der Waals surface area contributed by atoms with Gasteiger partial charge in [0.15, 0.2) is 0 Å². The SMILES string of the molecule is COc1cc(CCC(=O)Nc2ccc(C)c(S(=O)(=O)N(C)C)c2)cc(OC)c1. The van der Waals surface area contributed by atoms with Gasteiger partial charge in [0.05, 0.1) is 19.1 Å². The lowest BCUT2D eigenvalue weighted by molar-refractivity contribution is -0.116. The van der Waals surface area contributed by atoms with Gasteiger partial charge in [0.25, 0.3) is 0 Å². The van der Waals surface area contributed by atoms with E-state index in [-0.39, 0.29) is 17.2 Å². The maximum absolute atomic E-state index is 12.4. The lowest BCUT2D eigenvalue weighted by Crippen LogP contribution is -2.23. The summed E-state index contributed by atoms with van der Waals surface area (Å²) >= 11 is 0. The largest absolute Gasteiger partial charge is 0.497 e. The molecule has 2 aromatic rings. The van der Waals surface area contributed by atoms with Crippen molar-refractivity contribution in [1.29, 1.82) is 0 Å². The number of hydrogen-bond acceptors (Lipinski definition) is 5. The van der Waals surface area contributed by atoms with Crippen LogP contribution in [0.15, 0.2) is 41.3 Å². The first-order chi connectivity index (χ1) is 13.2. The van der Waals surface area contributed by atoms with Gasteiger partial charge in [-0.25, -0.2) is 12.7 Å². The van der Waals surface area contributed by atoms with Crippen molar-refractivity contribution in [2.24, 2.45) is 0 Å². The van der Waals surface area contributed by atoms with E-state index in [1.54, 1.807) is 39.3 Å². The highest BCUT2D eigenvalue weighted by Crippen LogP contribution is 2.24. The number of methoxy groups -OCH3 is 2. The molecule has 0 aromatic heterocycles. The van der Waals surface area contributed by atoms with Gasteiger partial charge in [0, 0.05) is 32.3 Å². The standard InChI is InChI=1S/C20H26N2O5S/c1-14-6-8-16(12-19(14)28(24,25)22(2)3)21-20(23)9-7-15-10-17(26-4)13-18(11-15)27-5/h6,8,10-13H,7,9H2,1-5H3,(H,21,23). The number of hydrogen-bond donors (Lipinski definition) is 1. The van der Waals surface area contributed by atoms with E-state index in [2.05, 4.69) is 5.32 Å². The molecule has 0 aliphatic carbocycles. The van der Waals surface area contributed by atoms with Crippen molar-refractivity contribution in [3.63, 3.8) is 0 Å². The molecule has 7 nitrogen and oxygen atoms in total. The van der Waals surface area contributed by atoms with E-state index in [1.165, 1.54) is 20.2 Å². The quantitative estimate of drug-likeness (QED) is 0.729. The molecule has 0 aliphatic heterocycles. The number of ether oxygens (including phenoxy) is 2. The zero-order chi connectivity index (χ0) is 20.9. The van der Waals surface area contributed by atoms with Crippen LogP contribution < -0.4 is 14.8 Å². The Bertz CT molecular complexity index is 933. The summed E-state index contributed by atoms with van der Waals surface area (Å²) in [4.78, 5) is 12.5. The molecule has 0 aliphatic rings. The highest BCUT2D eigenvalue weighted by Gasteiger charge is 2.20. The number of benzene rings is 2. The van der Waals surface area contributed by atoms with Gasteiger partial charge in [-0.15, -0.1) is 0 Å². The van der Waals surface area contributed by atoms with Gasteiger partial charge in [-0.3, -0.25) is 4.79 Å². The van der Waals surface area contributed by atoms with Crippen molar-refractivity contribution in [1.82, 2.24) is 4.31 Å². The van der Waals surface area contributed by atoms with E-state index in [0.29, 0.717) is 29.2 Å². The lowest BCUT2D eigenvalue weighted by Gasteiger charge is -2.15. The molecule has 152 valence electrons. The highest BCUT2D eigenvalue weighted by atomic mass is 32.2. The van der Waals surface area contributed by atoms with Crippen molar-refractivity contribution in [2.45, 2.75) is 24.7 Å². The molecule has 0 bridgehead atoms. The van der Waals surface area contributed by atoms with Crippen molar-refractivity contribution < 1.29 is 22.7 Å². The number of nitrogens with zero attached hydrogens (tertiary/aromatic N) is 1. The van der Waals surface area contributed by atoms with E-state index in [1.807, 2.05) is 12.1 Å². The summed E-state index contributed by atoms with van der Waals surface area (Å²) in [6, 6.07) is 10.3. The highest BCUT2D eigenvalue weighted by molar-refractivity contribution is 7.89. The van der Waals surface area contributed by atoms with Gasteiger partial charge in [0.2, 0.25) is 15.9 Å². The van der Waals surface area contributed by atoms with E-state index in [0.717, 1.165) is 9.87 Å². The van der Waals surface area contributed by atoms with Crippen LogP contribution in [-0.4, -0.2) is 46.9 Å². The lowest BCUT2D eigenvalue weighted by atomic mass is 10.1. The first-order valence-electron chi connectivity index (χ1n) is 8.72. The van der Waals surface area contributed by atoms with Crippen LogP contribution >= 0.6 is 0 Å². The third-order valence-electron chi connectivity index (χ3n) is 4.28. The maximum atomic E-state index is 12.4. The smallest absolute Gasteiger partial charge is 0.242 e. The van der Waals surface area contributed by atoms with Gasteiger partial charge in [-0.2, -0.15) is 0 Å². The summed E-state index contributed by atoms with van der Waals surface area (Å²) < 4.78 is 36.4. The molecular formula is C20H26N2O5S. The Morgan fingerprint density at radius 3 is 2.18 bits per heavy atom. The van der Waals surface area contributed by atoms with Crippen molar-refractivity contribution >= 4 is 21.6 Å². The number of aryl methyl sites for hydroxylation is 2. The first kappa shape index (κ1) is 21.7. The summed E-state index contributed by atoms with van der Waals surface area (Å²) in [5.74, 6) is 1.11. The van der Waals surface area contributed by atoms with Crippen LogP contribution in [0, 0.1) is 6.92 Å². The Hall–Kier alpha value is -2.58. The van der Waals surface area contributed by atoms with E-state index in [9.17, 15) is 13.2 Å². The van der Waals surface area contributed by atoms with E-state index < -0.39 is 10.0 Å². The molecule has 1 amide bonds. The number of carbonyl (C=O) groups is 1. The van der Waals surface area contributed by atoms with Gasteiger partial charge >= 0.3 is 0 Å².